The summed E-state index contributed by atoms with van der Waals surface area (Å²) in [6.07, 6.45) is 0. The summed E-state index contributed by atoms with van der Waals surface area (Å²) in [5.41, 5.74) is 3.45. The number of hydrogen-bond acceptors (Lipinski definition) is 5. The molecular formula is C26H22O5. The van der Waals surface area contributed by atoms with Crippen LogP contribution in [0, 0.1) is 13.8 Å². The topological polar surface area (TPSA) is 65.7 Å². The first-order valence-corrected chi connectivity index (χ1v) is 9.91. The van der Waals surface area contributed by atoms with Crippen LogP contribution in [0.5, 0.6) is 11.5 Å². The Bertz CT molecular complexity index is 1320. The molecule has 0 N–H and O–H groups in total. The van der Waals surface area contributed by atoms with E-state index in [1.54, 1.807) is 61.7 Å². The van der Waals surface area contributed by atoms with Gasteiger partial charge in [-0.25, -0.2) is 0 Å². The van der Waals surface area contributed by atoms with Gasteiger partial charge in [0.05, 0.1) is 12.5 Å². The lowest BCUT2D eigenvalue weighted by molar-refractivity contribution is 0.0920. The molecule has 0 atom stereocenters. The van der Waals surface area contributed by atoms with E-state index >= 15 is 0 Å². The fourth-order valence-electron chi connectivity index (χ4n) is 3.32. The smallest absolute Gasteiger partial charge is 0.235 e. The highest BCUT2D eigenvalue weighted by molar-refractivity contribution is 5.97. The van der Waals surface area contributed by atoms with E-state index in [1.165, 1.54) is 0 Å². The lowest BCUT2D eigenvalue weighted by Crippen LogP contribution is -2.17. The average Bonchev–Trinajstić information content (AvgIpc) is 2.80. The summed E-state index contributed by atoms with van der Waals surface area (Å²) in [7, 11) is 1.58. The van der Waals surface area contributed by atoms with E-state index in [-0.39, 0.29) is 29.3 Å². The van der Waals surface area contributed by atoms with Gasteiger partial charge in [0.15, 0.2) is 18.2 Å². The van der Waals surface area contributed by atoms with Crippen LogP contribution in [0.2, 0.25) is 0 Å². The normalized spacial score (nSPS) is 10.8. The van der Waals surface area contributed by atoms with Crippen molar-refractivity contribution in [3.63, 3.8) is 0 Å². The maximum atomic E-state index is 13.2. The Kier molecular flexibility index (Phi) is 5.58. The number of rotatable bonds is 6. The van der Waals surface area contributed by atoms with Crippen molar-refractivity contribution in [1.29, 1.82) is 0 Å². The number of methoxy groups -OCH3 is 1. The first-order valence-electron chi connectivity index (χ1n) is 9.91. The number of hydrogen-bond donors (Lipinski definition) is 0. The van der Waals surface area contributed by atoms with Gasteiger partial charge in [-0.3, -0.25) is 9.59 Å². The number of fused-ring (bicyclic) bond motifs is 1. The van der Waals surface area contributed by atoms with E-state index in [9.17, 15) is 9.59 Å². The van der Waals surface area contributed by atoms with Crippen LogP contribution in [0.3, 0.4) is 0 Å². The molecule has 1 aromatic heterocycles. The first kappa shape index (κ1) is 20.4. The van der Waals surface area contributed by atoms with Gasteiger partial charge in [0.25, 0.3) is 0 Å². The molecule has 5 heteroatoms. The van der Waals surface area contributed by atoms with Gasteiger partial charge in [-0.2, -0.15) is 0 Å². The van der Waals surface area contributed by atoms with Crippen molar-refractivity contribution in [2.24, 2.45) is 0 Å². The average molecular weight is 414 g/mol. The van der Waals surface area contributed by atoms with Crippen LogP contribution < -0.4 is 14.9 Å². The molecule has 0 bridgehead atoms. The quantitative estimate of drug-likeness (QED) is 0.398. The Morgan fingerprint density at radius 2 is 1.68 bits per heavy atom. The maximum Gasteiger partial charge on any atom is 0.235 e. The zero-order valence-corrected chi connectivity index (χ0v) is 17.6. The second-order valence-electron chi connectivity index (χ2n) is 7.32. The van der Waals surface area contributed by atoms with Crippen molar-refractivity contribution in [3.05, 3.63) is 93.6 Å². The summed E-state index contributed by atoms with van der Waals surface area (Å²) >= 11 is 0. The van der Waals surface area contributed by atoms with Gasteiger partial charge in [0, 0.05) is 11.1 Å². The van der Waals surface area contributed by atoms with E-state index in [0.717, 1.165) is 11.1 Å². The molecule has 0 spiro atoms. The Labute approximate surface area is 179 Å². The number of benzene rings is 3. The van der Waals surface area contributed by atoms with Crippen LogP contribution in [-0.4, -0.2) is 19.5 Å². The standard InChI is InChI=1S/C26H22O5/c1-16-8-9-19(14-17(16)2)22(27)15-30-26-24(28)21-6-4-5-7-23(21)31-25(26)18-10-12-20(29-3)13-11-18/h4-14H,15H2,1-3H3. The number of carbonyl (C=O) groups is 1. The van der Waals surface area contributed by atoms with Crippen molar-refractivity contribution < 1.29 is 18.7 Å². The van der Waals surface area contributed by atoms with Crippen molar-refractivity contribution in [1.82, 2.24) is 0 Å². The summed E-state index contributed by atoms with van der Waals surface area (Å²) in [4.78, 5) is 25.9. The van der Waals surface area contributed by atoms with Crippen LogP contribution in [0.15, 0.2) is 75.9 Å². The Hall–Kier alpha value is -3.86. The van der Waals surface area contributed by atoms with Crippen LogP contribution in [-0.2, 0) is 0 Å². The third kappa shape index (κ3) is 4.08. The SMILES string of the molecule is COc1ccc(-c2oc3ccccc3c(=O)c2OCC(=O)c2ccc(C)c(C)c2)cc1. The van der Waals surface area contributed by atoms with Crippen molar-refractivity contribution in [2.45, 2.75) is 13.8 Å². The molecule has 0 aliphatic heterocycles. The van der Waals surface area contributed by atoms with Crippen LogP contribution >= 0.6 is 0 Å². The van der Waals surface area contributed by atoms with Gasteiger partial charge >= 0.3 is 0 Å². The number of ketones is 1. The predicted molar refractivity (Wildman–Crippen MR) is 120 cm³/mol. The van der Waals surface area contributed by atoms with Crippen LogP contribution in [0.1, 0.15) is 21.5 Å². The molecule has 0 radical (unpaired) electrons. The number of Topliss-reactive ketones (excluding diaryl/α,β-unsaturated/α-hetero) is 1. The summed E-state index contributed by atoms with van der Waals surface area (Å²) in [5, 5.41) is 0.397. The van der Waals surface area contributed by atoms with Crippen molar-refractivity contribution in [3.8, 4) is 22.8 Å². The fourth-order valence-corrected chi connectivity index (χ4v) is 3.32. The molecular weight excluding hydrogens is 392 g/mol. The van der Waals surface area contributed by atoms with E-state index in [1.807, 2.05) is 26.0 Å². The molecule has 5 nitrogen and oxygen atoms in total. The van der Waals surface area contributed by atoms with Crippen molar-refractivity contribution >= 4 is 16.8 Å². The molecule has 0 unspecified atom stereocenters. The maximum absolute atomic E-state index is 13.2. The summed E-state index contributed by atoms with van der Waals surface area (Å²) < 4.78 is 17.0. The minimum atomic E-state index is -0.319. The van der Waals surface area contributed by atoms with Gasteiger partial charge in [-0.15, -0.1) is 0 Å². The van der Waals surface area contributed by atoms with Gasteiger partial charge < -0.3 is 13.9 Å². The van der Waals surface area contributed by atoms with Crippen LogP contribution in [0.4, 0.5) is 0 Å². The zero-order chi connectivity index (χ0) is 22.0. The van der Waals surface area contributed by atoms with E-state index in [0.29, 0.717) is 27.8 Å². The molecule has 31 heavy (non-hydrogen) atoms. The van der Waals surface area contributed by atoms with E-state index in [4.69, 9.17) is 13.9 Å². The zero-order valence-electron chi connectivity index (χ0n) is 17.6. The monoisotopic (exact) mass is 414 g/mol. The highest BCUT2D eigenvalue weighted by Gasteiger charge is 2.19. The number of ether oxygens (including phenoxy) is 2. The fraction of sp³-hybridized carbons (Fsp3) is 0.154. The highest BCUT2D eigenvalue weighted by Crippen LogP contribution is 2.32. The lowest BCUT2D eigenvalue weighted by atomic mass is 10.0. The molecule has 3 aromatic carbocycles. The minimum absolute atomic E-state index is 0.0149. The number of aryl methyl sites for hydroxylation is 2. The Morgan fingerprint density at radius 3 is 2.39 bits per heavy atom. The number of carbonyl (C=O) groups excluding carboxylic acids is 1. The van der Waals surface area contributed by atoms with Crippen molar-refractivity contribution in [2.75, 3.05) is 13.7 Å². The molecule has 0 saturated carbocycles. The highest BCUT2D eigenvalue weighted by atomic mass is 16.5. The third-order valence-corrected chi connectivity index (χ3v) is 5.28. The van der Waals surface area contributed by atoms with Gasteiger partial charge in [-0.1, -0.05) is 24.3 Å². The molecule has 4 aromatic rings. The summed E-state index contributed by atoms with van der Waals surface area (Å²) in [5.74, 6) is 0.760. The van der Waals surface area contributed by atoms with Crippen LogP contribution in [0.25, 0.3) is 22.3 Å². The molecule has 0 amide bonds. The Morgan fingerprint density at radius 1 is 0.935 bits per heavy atom. The molecule has 1 heterocycles. The summed E-state index contributed by atoms with van der Waals surface area (Å²) in [6, 6.07) is 19.6. The Balaban J connectivity index is 1.74. The molecule has 0 fully saturated rings. The van der Waals surface area contributed by atoms with E-state index in [2.05, 4.69) is 0 Å². The summed E-state index contributed by atoms with van der Waals surface area (Å²) in [6.45, 7) is 3.67. The minimum Gasteiger partial charge on any atom is -0.497 e. The lowest BCUT2D eigenvalue weighted by Gasteiger charge is -2.12. The third-order valence-electron chi connectivity index (χ3n) is 5.28. The van der Waals surface area contributed by atoms with Gasteiger partial charge in [0.1, 0.15) is 11.3 Å². The molecule has 0 aliphatic carbocycles. The molecule has 0 aliphatic rings. The number of para-hydroxylation sites is 1. The molecule has 4 rings (SSSR count). The predicted octanol–water partition coefficient (Wildman–Crippen LogP) is 5.35. The molecule has 0 saturated heterocycles. The van der Waals surface area contributed by atoms with Gasteiger partial charge in [0.2, 0.25) is 11.2 Å². The molecule has 156 valence electrons. The second-order valence-corrected chi connectivity index (χ2v) is 7.32. The van der Waals surface area contributed by atoms with Gasteiger partial charge in [-0.05, 0) is 67.4 Å². The largest absolute Gasteiger partial charge is 0.497 e. The first-order chi connectivity index (χ1) is 15.0. The second kappa shape index (κ2) is 8.48. The van der Waals surface area contributed by atoms with E-state index < -0.39 is 0 Å².